The topological polar surface area (TPSA) is 41.1 Å². The summed E-state index contributed by atoms with van der Waals surface area (Å²) in [5.74, 6) is 1.52. The Morgan fingerprint density at radius 1 is 0.905 bits per heavy atom. The Bertz CT molecular complexity index is 763. The Kier molecular flexibility index (Phi) is 3.44. The van der Waals surface area contributed by atoms with E-state index in [0.717, 1.165) is 22.4 Å². The molecule has 0 aliphatic rings. The van der Waals surface area contributed by atoms with Crippen molar-refractivity contribution in [1.29, 1.82) is 0 Å². The zero-order chi connectivity index (χ0) is 14.8. The van der Waals surface area contributed by atoms with Crippen molar-refractivity contribution in [3.8, 4) is 0 Å². The molecule has 106 valence electrons. The number of nitrogens with one attached hydrogen (secondary N) is 1. The highest BCUT2D eigenvalue weighted by atomic mass is 15.2. The summed E-state index contributed by atoms with van der Waals surface area (Å²) in [6.45, 7) is 2.07. The maximum absolute atomic E-state index is 4.62. The van der Waals surface area contributed by atoms with Crippen molar-refractivity contribution in [2.75, 3.05) is 24.3 Å². The first-order valence-corrected chi connectivity index (χ1v) is 6.91. The largest absolute Gasteiger partial charge is 0.362 e. The average Bonchev–Trinajstić information content (AvgIpc) is 2.48. The van der Waals surface area contributed by atoms with Gasteiger partial charge in [-0.3, -0.25) is 0 Å². The van der Waals surface area contributed by atoms with Crippen LogP contribution in [0.2, 0.25) is 0 Å². The van der Waals surface area contributed by atoms with Gasteiger partial charge < -0.3 is 10.2 Å². The van der Waals surface area contributed by atoms with Crippen LogP contribution in [0.25, 0.3) is 10.9 Å². The van der Waals surface area contributed by atoms with Crippen molar-refractivity contribution in [3.63, 3.8) is 0 Å². The summed E-state index contributed by atoms with van der Waals surface area (Å²) in [7, 11) is 3.98. The summed E-state index contributed by atoms with van der Waals surface area (Å²) < 4.78 is 0. The quantitative estimate of drug-likeness (QED) is 0.792. The second kappa shape index (κ2) is 5.40. The first-order valence-electron chi connectivity index (χ1n) is 6.91. The molecule has 3 rings (SSSR count). The highest BCUT2D eigenvalue weighted by Gasteiger charge is 2.09. The number of benzene rings is 2. The third-order valence-electron chi connectivity index (χ3n) is 3.31. The van der Waals surface area contributed by atoms with E-state index in [-0.39, 0.29) is 0 Å². The van der Waals surface area contributed by atoms with E-state index in [9.17, 15) is 0 Å². The molecule has 2 aromatic carbocycles. The summed E-state index contributed by atoms with van der Waals surface area (Å²) in [6, 6.07) is 16.2. The molecule has 1 heterocycles. The fraction of sp³-hybridized carbons (Fsp3) is 0.176. The molecule has 0 aliphatic carbocycles. The van der Waals surface area contributed by atoms with Gasteiger partial charge in [-0.15, -0.1) is 0 Å². The standard InChI is InChI=1S/C17H18N4/c1-12-8-10-13(11-9-12)18-17-19-15-7-5-4-6-14(15)16(20-17)21(2)3/h4-11H,1-3H3,(H,18,19,20). The van der Waals surface area contributed by atoms with Gasteiger partial charge in [-0.25, -0.2) is 4.98 Å². The molecule has 0 atom stereocenters. The van der Waals surface area contributed by atoms with Gasteiger partial charge >= 0.3 is 0 Å². The fourth-order valence-electron chi connectivity index (χ4n) is 2.22. The van der Waals surface area contributed by atoms with Crippen molar-refractivity contribution < 1.29 is 0 Å². The van der Waals surface area contributed by atoms with Crippen molar-refractivity contribution in [3.05, 3.63) is 54.1 Å². The van der Waals surface area contributed by atoms with Crippen LogP contribution in [0.15, 0.2) is 48.5 Å². The molecule has 1 N–H and O–H groups in total. The second-order valence-corrected chi connectivity index (χ2v) is 5.27. The van der Waals surface area contributed by atoms with E-state index in [1.54, 1.807) is 0 Å². The third kappa shape index (κ3) is 2.79. The molecular weight excluding hydrogens is 260 g/mol. The zero-order valence-electron chi connectivity index (χ0n) is 12.5. The van der Waals surface area contributed by atoms with E-state index in [1.807, 2.05) is 55.4 Å². The number of aromatic nitrogens is 2. The number of para-hydroxylation sites is 1. The predicted octanol–water partition coefficient (Wildman–Crippen LogP) is 3.75. The number of hydrogen-bond acceptors (Lipinski definition) is 4. The summed E-state index contributed by atoms with van der Waals surface area (Å²) >= 11 is 0. The zero-order valence-corrected chi connectivity index (χ0v) is 12.5. The third-order valence-corrected chi connectivity index (χ3v) is 3.31. The molecule has 1 aromatic heterocycles. The molecule has 0 bridgehead atoms. The molecule has 3 aromatic rings. The molecule has 0 unspecified atom stereocenters. The van der Waals surface area contributed by atoms with E-state index in [2.05, 4.69) is 34.3 Å². The van der Waals surface area contributed by atoms with Crippen LogP contribution in [0.4, 0.5) is 17.5 Å². The lowest BCUT2D eigenvalue weighted by Crippen LogP contribution is -2.13. The highest BCUT2D eigenvalue weighted by molar-refractivity contribution is 5.90. The van der Waals surface area contributed by atoms with Crippen LogP contribution in [0, 0.1) is 6.92 Å². The minimum Gasteiger partial charge on any atom is -0.362 e. The number of anilines is 3. The lowest BCUT2D eigenvalue weighted by molar-refractivity contribution is 1.06. The summed E-state index contributed by atoms with van der Waals surface area (Å²) in [5.41, 5.74) is 3.15. The molecule has 21 heavy (non-hydrogen) atoms. The molecule has 4 nitrogen and oxygen atoms in total. The lowest BCUT2D eigenvalue weighted by atomic mass is 10.2. The molecule has 0 aliphatic heterocycles. The Morgan fingerprint density at radius 3 is 2.33 bits per heavy atom. The molecule has 0 radical (unpaired) electrons. The van der Waals surface area contributed by atoms with E-state index in [4.69, 9.17) is 0 Å². The Hall–Kier alpha value is -2.62. The van der Waals surface area contributed by atoms with Gasteiger partial charge in [0.05, 0.1) is 5.52 Å². The number of fused-ring (bicyclic) bond motifs is 1. The van der Waals surface area contributed by atoms with Gasteiger partial charge in [0.2, 0.25) is 5.95 Å². The van der Waals surface area contributed by atoms with E-state index in [1.165, 1.54) is 5.56 Å². The van der Waals surface area contributed by atoms with Gasteiger partial charge in [-0.05, 0) is 31.2 Å². The first-order chi connectivity index (χ1) is 10.1. The van der Waals surface area contributed by atoms with Crippen LogP contribution < -0.4 is 10.2 Å². The molecule has 0 amide bonds. The molecular formula is C17H18N4. The van der Waals surface area contributed by atoms with Gasteiger partial charge in [0, 0.05) is 25.2 Å². The van der Waals surface area contributed by atoms with Gasteiger partial charge in [-0.1, -0.05) is 29.8 Å². The lowest BCUT2D eigenvalue weighted by Gasteiger charge is -2.15. The smallest absolute Gasteiger partial charge is 0.229 e. The van der Waals surface area contributed by atoms with E-state index < -0.39 is 0 Å². The van der Waals surface area contributed by atoms with Crippen molar-refractivity contribution in [1.82, 2.24) is 9.97 Å². The van der Waals surface area contributed by atoms with Gasteiger partial charge in [0.1, 0.15) is 5.82 Å². The normalized spacial score (nSPS) is 10.6. The van der Waals surface area contributed by atoms with Gasteiger partial charge in [0.15, 0.2) is 0 Å². The molecule has 0 spiro atoms. The van der Waals surface area contributed by atoms with Crippen LogP contribution in [0.5, 0.6) is 0 Å². The van der Waals surface area contributed by atoms with E-state index >= 15 is 0 Å². The van der Waals surface area contributed by atoms with Crippen LogP contribution in [-0.2, 0) is 0 Å². The van der Waals surface area contributed by atoms with Gasteiger partial charge in [0.25, 0.3) is 0 Å². The Balaban J connectivity index is 2.04. The molecule has 0 saturated carbocycles. The fourth-order valence-corrected chi connectivity index (χ4v) is 2.22. The number of nitrogens with zero attached hydrogens (tertiary/aromatic N) is 3. The Labute approximate surface area is 124 Å². The average molecular weight is 278 g/mol. The van der Waals surface area contributed by atoms with Crippen LogP contribution in [-0.4, -0.2) is 24.1 Å². The van der Waals surface area contributed by atoms with Crippen LogP contribution in [0.3, 0.4) is 0 Å². The molecule has 4 heteroatoms. The van der Waals surface area contributed by atoms with E-state index in [0.29, 0.717) is 5.95 Å². The van der Waals surface area contributed by atoms with Crippen LogP contribution in [0.1, 0.15) is 5.56 Å². The predicted molar refractivity (Wildman–Crippen MR) is 88.3 cm³/mol. The van der Waals surface area contributed by atoms with Crippen LogP contribution >= 0.6 is 0 Å². The van der Waals surface area contributed by atoms with Crippen molar-refractivity contribution >= 4 is 28.4 Å². The number of hydrogen-bond donors (Lipinski definition) is 1. The highest BCUT2D eigenvalue weighted by Crippen LogP contribution is 2.25. The molecule has 0 fully saturated rings. The number of rotatable bonds is 3. The minimum absolute atomic E-state index is 0.612. The second-order valence-electron chi connectivity index (χ2n) is 5.27. The Morgan fingerprint density at radius 2 is 1.62 bits per heavy atom. The monoisotopic (exact) mass is 278 g/mol. The van der Waals surface area contributed by atoms with Crippen molar-refractivity contribution in [2.24, 2.45) is 0 Å². The molecule has 0 saturated heterocycles. The van der Waals surface area contributed by atoms with Crippen molar-refractivity contribution in [2.45, 2.75) is 6.92 Å². The minimum atomic E-state index is 0.612. The summed E-state index contributed by atoms with van der Waals surface area (Å²) in [4.78, 5) is 11.2. The number of aryl methyl sites for hydroxylation is 1. The maximum Gasteiger partial charge on any atom is 0.229 e. The summed E-state index contributed by atoms with van der Waals surface area (Å²) in [5, 5.41) is 4.32. The van der Waals surface area contributed by atoms with Gasteiger partial charge in [-0.2, -0.15) is 4.98 Å². The summed E-state index contributed by atoms with van der Waals surface area (Å²) in [6.07, 6.45) is 0. The first kappa shape index (κ1) is 13.4. The SMILES string of the molecule is Cc1ccc(Nc2nc(N(C)C)c3ccccc3n2)cc1. The maximum atomic E-state index is 4.62.